The van der Waals surface area contributed by atoms with Gasteiger partial charge in [-0.1, -0.05) is 0 Å². The Kier molecular flexibility index (Phi) is 3.13. The lowest BCUT2D eigenvalue weighted by Gasteiger charge is -2.19. The van der Waals surface area contributed by atoms with Gasteiger partial charge in [-0.15, -0.1) is 0 Å². The number of H-pyrrole nitrogens is 1. The van der Waals surface area contributed by atoms with Gasteiger partial charge < -0.3 is 20.7 Å². The van der Waals surface area contributed by atoms with E-state index in [-0.39, 0.29) is 11.4 Å². The summed E-state index contributed by atoms with van der Waals surface area (Å²) in [6.45, 7) is 1.21. The number of pyridine rings is 1. The number of anilines is 1. The first-order chi connectivity index (χ1) is 9.97. The van der Waals surface area contributed by atoms with Gasteiger partial charge in [-0.25, -0.2) is 9.18 Å². The molecule has 1 fully saturated rings. The van der Waals surface area contributed by atoms with Crippen molar-refractivity contribution < 1.29 is 14.3 Å². The quantitative estimate of drug-likeness (QED) is 0.763. The average Bonchev–Trinajstić information content (AvgIpc) is 2.85. The molecule has 21 heavy (non-hydrogen) atoms. The maximum Gasteiger partial charge on any atom is 0.341 e. The maximum absolute atomic E-state index is 14.2. The molecule has 0 saturated carbocycles. The highest BCUT2D eigenvalue weighted by Crippen LogP contribution is 2.26. The van der Waals surface area contributed by atoms with E-state index in [1.54, 1.807) is 0 Å². The van der Waals surface area contributed by atoms with Crippen LogP contribution in [0.5, 0.6) is 0 Å². The summed E-state index contributed by atoms with van der Waals surface area (Å²) >= 11 is 0. The third-order valence-corrected chi connectivity index (χ3v) is 3.74. The topological polar surface area (TPSA) is 99.4 Å². The van der Waals surface area contributed by atoms with E-state index in [4.69, 9.17) is 10.8 Å². The number of halogens is 1. The molecule has 0 aliphatic carbocycles. The predicted octanol–water partition coefficient (Wildman–Crippen LogP) is 0.903. The minimum atomic E-state index is -1.34. The van der Waals surface area contributed by atoms with Crippen LogP contribution in [0.4, 0.5) is 10.1 Å². The summed E-state index contributed by atoms with van der Waals surface area (Å²) in [7, 11) is 0. The molecule has 0 amide bonds. The fraction of sp³-hybridized carbons (Fsp3) is 0.286. The van der Waals surface area contributed by atoms with Gasteiger partial charge in [0.2, 0.25) is 5.43 Å². The fourth-order valence-corrected chi connectivity index (χ4v) is 2.64. The molecule has 0 bridgehead atoms. The number of aromatic carboxylic acids is 1. The Morgan fingerprint density at radius 2 is 2.24 bits per heavy atom. The summed E-state index contributed by atoms with van der Waals surface area (Å²) < 4.78 is 14.2. The van der Waals surface area contributed by atoms with Crippen molar-refractivity contribution in [3.8, 4) is 0 Å². The summed E-state index contributed by atoms with van der Waals surface area (Å²) in [6.07, 6.45) is 1.91. The van der Waals surface area contributed by atoms with Crippen LogP contribution in [-0.4, -0.2) is 35.2 Å². The van der Waals surface area contributed by atoms with Crippen molar-refractivity contribution in [3.05, 3.63) is 39.9 Å². The van der Waals surface area contributed by atoms with Gasteiger partial charge in [-0.2, -0.15) is 0 Å². The number of aromatic nitrogens is 1. The number of benzene rings is 1. The molecular formula is C14H14FN3O3. The molecule has 0 spiro atoms. The number of fused-ring (bicyclic) bond motifs is 1. The van der Waals surface area contributed by atoms with Gasteiger partial charge >= 0.3 is 5.97 Å². The number of carbonyl (C=O) groups is 1. The third kappa shape index (κ3) is 2.25. The standard InChI is InChI=1S/C14H14FN3O3/c15-10-3-8-11(17-5-9(13(8)19)14(20)21)4-12(10)18-2-1-7(16)6-18/h3-5,7H,1-2,6,16H2,(H,17,19)(H,20,21)/t7-/m0/s1. The third-order valence-electron chi connectivity index (χ3n) is 3.74. The van der Waals surface area contributed by atoms with Gasteiger partial charge in [0, 0.05) is 30.7 Å². The molecule has 1 saturated heterocycles. The number of aromatic amines is 1. The lowest BCUT2D eigenvalue weighted by Crippen LogP contribution is -2.27. The Balaban J connectivity index is 2.15. The second-order valence-corrected chi connectivity index (χ2v) is 5.18. The second kappa shape index (κ2) is 4.85. The molecular weight excluding hydrogens is 277 g/mol. The van der Waals surface area contributed by atoms with Gasteiger partial charge in [0.1, 0.15) is 11.4 Å². The Labute approximate surface area is 119 Å². The molecule has 1 aliphatic rings. The first kappa shape index (κ1) is 13.6. The number of hydrogen-bond donors (Lipinski definition) is 3. The van der Waals surface area contributed by atoms with Crippen molar-refractivity contribution in [1.29, 1.82) is 0 Å². The molecule has 1 aromatic carbocycles. The Hall–Kier alpha value is -2.41. The molecule has 1 aromatic heterocycles. The largest absolute Gasteiger partial charge is 0.477 e. The highest BCUT2D eigenvalue weighted by molar-refractivity contribution is 5.93. The van der Waals surface area contributed by atoms with Crippen LogP contribution < -0.4 is 16.1 Å². The van der Waals surface area contributed by atoms with E-state index >= 15 is 0 Å². The fourth-order valence-electron chi connectivity index (χ4n) is 2.64. The van der Waals surface area contributed by atoms with Crippen molar-refractivity contribution in [1.82, 2.24) is 4.98 Å². The van der Waals surface area contributed by atoms with E-state index in [2.05, 4.69) is 4.98 Å². The van der Waals surface area contributed by atoms with Crippen LogP contribution in [-0.2, 0) is 0 Å². The van der Waals surface area contributed by atoms with E-state index < -0.39 is 22.8 Å². The van der Waals surface area contributed by atoms with E-state index in [1.165, 1.54) is 6.07 Å². The molecule has 0 radical (unpaired) electrons. The zero-order valence-electron chi connectivity index (χ0n) is 11.1. The van der Waals surface area contributed by atoms with Crippen molar-refractivity contribution in [2.45, 2.75) is 12.5 Å². The van der Waals surface area contributed by atoms with Gasteiger partial charge in [0.25, 0.3) is 0 Å². The summed E-state index contributed by atoms with van der Waals surface area (Å²) in [4.78, 5) is 27.5. The van der Waals surface area contributed by atoms with E-state index in [9.17, 15) is 14.0 Å². The molecule has 110 valence electrons. The Bertz CT molecular complexity index is 787. The lowest BCUT2D eigenvalue weighted by molar-refractivity contribution is 0.0695. The molecule has 1 aliphatic heterocycles. The van der Waals surface area contributed by atoms with E-state index in [0.29, 0.717) is 24.3 Å². The summed E-state index contributed by atoms with van der Waals surface area (Å²) in [5.41, 5.74) is 5.49. The van der Waals surface area contributed by atoms with Crippen molar-refractivity contribution in [2.24, 2.45) is 5.73 Å². The lowest BCUT2D eigenvalue weighted by atomic mass is 10.1. The van der Waals surface area contributed by atoms with Crippen LogP contribution in [0.1, 0.15) is 16.8 Å². The Morgan fingerprint density at radius 1 is 1.48 bits per heavy atom. The van der Waals surface area contributed by atoms with Gasteiger partial charge in [0.15, 0.2) is 0 Å². The van der Waals surface area contributed by atoms with Crippen LogP contribution in [0.15, 0.2) is 23.1 Å². The summed E-state index contributed by atoms with van der Waals surface area (Å²) in [5, 5.41) is 8.94. The SMILES string of the molecule is N[C@H]1CCN(c2cc3[nH]cc(C(=O)O)c(=O)c3cc2F)C1. The molecule has 3 rings (SSSR count). The maximum atomic E-state index is 14.2. The van der Waals surface area contributed by atoms with Crippen LogP contribution in [0.3, 0.4) is 0 Å². The van der Waals surface area contributed by atoms with Crippen LogP contribution in [0.2, 0.25) is 0 Å². The smallest absolute Gasteiger partial charge is 0.341 e. The van der Waals surface area contributed by atoms with Crippen LogP contribution in [0, 0.1) is 5.82 Å². The Morgan fingerprint density at radius 3 is 2.86 bits per heavy atom. The van der Waals surface area contributed by atoms with Crippen molar-refractivity contribution >= 4 is 22.6 Å². The number of carboxylic acids is 1. The number of carboxylic acid groups (broad SMARTS) is 1. The minimum Gasteiger partial charge on any atom is -0.477 e. The molecule has 2 aromatic rings. The molecule has 1 atom stereocenters. The zero-order chi connectivity index (χ0) is 15.1. The van der Waals surface area contributed by atoms with Gasteiger partial charge in [-0.05, 0) is 18.6 Å². The highest BCUT2D eigenvalue weighted by Gasteiger charge is 2.23. The molecule has 7 heteroatoms. The predicted molar refractivity (Wildman–Crippen MR) is 76.3 cm³/mol. The molecule has 6 nitrogen and oxygen atoms in total. The van der Waals surface area contributed by atoms with Crippen molar-refractivity contribution in [2.75, 3.05) is 18.0 Å². The number of hydrogen-bond acceptors (Lipinski definition) is 4. The monoisotopic (exact) mass is 291 g/mol. The normalized spacial score (nSPS) is 18.4. The second-order valence-electron chi connectivity index (χ2n) is 5.18. The molecule has 4 N–H and O–H groups in total. The number of nitrogens with two attached hydrogens (primary N) is 1. The highest BCUT2D eigenvalue weighted by atomic mass is 19.1. The first-order valence-electron chi connectivity index (χ1n) is 6.56. The molecule has 0 unspecified atom stereocenters. The van der Waals surface area contributed by atoms with Crippen molar-refractivity contribution in [3.63, 3.8) is 0 Å². The number of nitrogens with one attached hydrogen (secondary N) is 1. The number of rotatable bonds is 2. The zero-order valence-corrected chi connectivity index (χ0v) is 11.1. The van der Waals surface area contributed by atoms with Crippen LogP contribution >= 0.6 is 0 Å². The van der Waals surface area contributed by atoms with Crippen LogP contribution in [0.25, 0.3) is 10.9 Å². The van der Waals surface area contributed by atoms with Gasteiger partial charge in [0.05, 0.1) is 11.2 Å². The molecule has 2 heterocycles. The van der Waals surface area contributed by atoms with Gasteiger partial charge in [-0.3, -0.25) is 4.79 Å². The summed E-state index contributed by atoms with van der Waals surface area (Å²) in [6, 6.07) is 2.61. The summed E-state index contributed by atoms with van der Waals surface area (Å²) in [5.74, 6) is -1.89. The van der Waals surface area contributed by atoms with E-state index in [1.807, 2.05) is 4.90 Å². The van der Waals surface area contributed by atoms with E-state index in [0.717, 1.165) is 18.7 Å². The first-order valence-corrected chi connectivity index (χ1v) is 6.56. The minimum absolute atomic E-state index is 0.00790. The number of nitrogens with zero attached hydrogens (tertiary/aromatic N) is 1. The average molecular weight is 291 g/mol.